The second-order valence-corrected chi connectivity index (χ2v) is 4.53. The quantitative estimate of drug-likeness (QED) is 0.789. The topological polar surface area (TPSA) is 96.5 Å². The van der Waals surface area contributed by atoms with Gasteiger partial charge < -0.3 is 15.7 Å². The first-order valence-corrected chi connectivity index (χ1v) is 5.80. The van der Waals surface area contributed by atoms with Crippen molar-refractivity contribution in [2.24, 2.45) is 11.7 Å². The normalized spacial score (nSPS) is 19.3. The summed E-state index contributed by atoms with van der Waals surface area (Å²) in [6, 6.07) is 1.24. The van der Waals surface area contributed by atoms with Crippen molar-refractivity contribution in [2.45, 2.75) is 6.42 Å². The lowest BCUT2D eigenvalue weighted by atomic mass is 10.1. The smallest absolute Gasteiger partial charge is 0.337 e. The largest absolute Gasteiger partial charge is 0.478 e. The molecule has 1 aromatic heterocycles. The van der Waals surface area contributed by atoms with Crippen LogP contribution in [0.2, 0.25) is 5.15 Å². The molecule has 1 atom stereocenters. The lowest BCUT2D eigenvalue weighted by molar-refractivity contribution is -0.117. The molecule has 3 N–H and O–H groups in total. The molecule has 18 heavy (non-hydrogen) atoms. The summed E-state index contributed by atoms with van der Waals surface area (Å²) in [4.78, 5) is 28.2. The first kappa shape index (κ1) is 12.8. The zero-order valence-electron chi connectivity index (χ0n) is 9.47. The number of carbonyl (C=O) groups is 2. The fourth-order valence-corrected chi connectivity index (χ4v) is 2.14. The maximum atomic E-state index is 11.8. The van der Waals surface area contributed by atoms with Crippen LogP contribution in [0.4, 0.5) is 5.69 Å². The van der Waals surface area contributed by atoms with Gasteiger partial charge >= 0.3 is 5.97 Å². The van der Waals surface area contributed by atoms with Gasteiger partial charge in [0.25, 0.3) is 0 Å². The predicted octanol–water partition coefficient (Wildman–Crippen LogP) is 0.745. The maximum absolute atomic E-state index is 11.8. The van der Waals surface area contributed by atoms with E-state index in [0.29, 0.717) is 19.5 Å². The molecular formula is C11H12ClN3O3. The van der Waals surface area contributed by atoms with Crippen LogP contribution in [-0.4, -0.2) is 35.1 Å². The van der Waals surface area contributed by atoms with Gasteiger partial charge in [-0.15, -0.1) is 0 Å². The minimum Gasteiger partial charge on any atom is -0.478 e. The summed E-state index contributed by atoms with van der Waals surface area (Å²) in [7, 11) is 0. The summed E-state index contributed by atoms with van der Waals surface area (Å²) in [5.41, 5.74) is 5.77. The molecule has 0 radical (unpaired) electrons. The van der Waals surface area contributed by atoms with Crippen molar-refractivity contribution in [3.63, 3.8) is 0 Å². The van der Waals surface area contributed by atoms with E-state index in [1.807, 2.05) is 0 Å². The lowest BCUT2D eigenvalue weighted by Crippen LogP contribution is -2.27. The second kappa shape index (κ2) is 4.91. The summed E-state index contributed by atoms with van der Waals surface area (Å²) in [6.07, 6.45) is 1.64. The van der Waals surface area contributed by atoms with Gasteiger partial charge in [0, 0.05) is 13.0 Å². The Morgan fingerprint density at radius 1 is 1.67 bits per heavy atom. The number of rotatable bonds is 3. The number of pyridine rings is 1. The molecule has 6 nitrogen and oxygen atoms in total. The first-order chi connectivity index (χ1) is 8.52. The molecule has 1 fully saturated rings. The van der Waals surface area contributed by atoms with Crippen LogP contribution in [0, 0.1) is 5.92 Å². The van der Waals surface area contributed by atoms with Crippen molar-refractivity contribution in [1.82, 2.24) is 4.98 Å². The number of carbonyl (C=O) groups excluding carboxylic acids is 1. The molecule has 0 aromatic carbocycles. The van der Waals surface area contributed by atoms with E-state index in [1.165, 1.54) is 17.2 Å². The number of nitrogens with two attached hydrogens (primary N) is 1. The number of anilines is 1. The van der Waals surface area contributed by atoms with Crippen LogP contribution in [-0.2, 0) is 4.79 Å². The summed E-state index contributed by atoms with van der Waals surface area (Å²) in [5.74, 6) is -1.23. The van der Waals surface area contributed by atoms with Crippen LogP contribution < -0.4 is 10.6 Å². The highest BCUT2D eigenvalue weighted by Crippen LogP contribution is 2.28. The van der Waals surface area contributed by atoms with Crippen LogP contribution in [0.1, 0.15) is 16.8 Å². The predicted molar refractivity (Wildman–Crippen MR) is 65.7 cm³/mol. The molecule has 0 aliphatic carbocycles. The van der Waals surface area contributed by atoms with E-state index in [1.54, 1.807) is 0 Å². The van der Waals surface area contributed by atoms with Gasteiger partial charge in [-0.05, 0) is 18.5 Å². The molecule has 0 bridgehead atoms. The molecule has 1 saturated heterocycles. The van der Waals surface area contributed by atoms with Gasteiger partial charge in [0.1, 0.15) is 5.15 Å². The van der Waals surface area contributed by atoms with Crippen LogP contribution >= 0.6 is 11.6 Å². The number of carboxylic acids is 1. The number of hydrogen-bond donors (Lipinski definition) is 2. The summed E-state index contributed by atoms with van der Waals surface area (Å²) in [6.45, 7) is 0.810. The Morgan fingerprint density at radius 3 is 2.94 bits per heavy atom. The maximum Gasteiger partial charge on any atom is 0.337 e. The molecule has 1 aliphatic heterocycles. The minimum absolute atomic E-state index is 0.0268. The highest BCUT2D eigenvalue weighted by atomic mass is 35.5. The molecule has 96 valence electrons. The van der Waals surface area contributed by atoms with Crippen LogP contribution in [0.5, 0.6) is 0 Å². The van der Waals surface area contributed by atoms with Crippen molar-refractivity contribution in [3.8, 4) is 0 Å². The molecule has 1 amide bonds. The molecule has 7 heteroatoms. The van der Waals surface area contributed by atoms with Gasteiger partial charge in [0.15, 0.2) is 0 Å². The van der Waals surface area contributed by atoms with Gasteiger partial charge in [0.2, 0.25) is 5.91 Å². The molecule has 2 rings (SSSR count). The molecule has 1 aromatic rings. The van der Waals surface area contributed by atoms with Crippen LogP contribution in [0.3, 0.4) is 0 Å². The van der Waals surface area contributed by atoms with Crippen molar-refractivity contribution in [2.75, 3.05) is 18.0 Å². The Morgan fingerprint density at radius 2 is 2.39 bits per heavy atom. The number of amides is 1. The fraction of sp³-hybridized carbons (Fsp3) is 0.364. The number of aromatic nitrogens is 1. The number of hydrogen-bond acceptors (Lipinski definition) is 4. The zero-order valence-corrected chi connectivity index (χ0v) is 10.2. The Hall–Kier alpha value is -1.66. The standard InChI is InChI=1S/C11H12ClN3O3/c12-9-2-7(11(17)18)8(4-14-9)15-5-6(3-13)1-10(15)16/h2,4,6H,1,3,5,13H2,(H,17,18). The Labute approximate surface area is 108 Å². The Balaban J connectivity index is 2.39. The SMILES string of the molecule is NCC1CC(=O)N(c2cnc(Cl)cc2C(=O)O)C1. The van der Waals surface area contributed by atoms with Gasteiger partial charge in [-0.1, -0.05) is 11.6 Å². The summed E-state index contributed by atoms with van der Waals surface area (Å²) < 4.78 is 0. The molecule has 0 spiro atoms. The molecule has 1 aliphatic rings. The third kappa shape index (κ3) is 2.30. The number of carboxylic acid groups (broad SMARTS) is 1. The van der Waals surface area contributed by atoms with E-state index in [2.05, 4.69) is 4.98 Å². The Kier molecular flexibility index (Phi) is 3.49. The minimum atomic E-state index is -1.14. The van der Waals surface area contributed by atoms with Crippen molar-refractivity contribution in [1.29, 1.82) is 0 Å². The second-order valence-electron chi connectivity index (χ2n) is 4.14. The third-order valence-corrected chi connectivity index (χ3v) is 3.12. The van der Waals surface area contributed by atoms with Gasteiger partial charge in [-0.25, -0.2) is 9.78 Å². The van der Waals surface area contributed by atoms with Crippen molar-refractivity contribution in [3.05, 3.63) is 23.0 Å². The van der Waals surface area contributed by atoms with Crippen LogP contribution in [0.25, 0.3) is 0 Å². The van der Waals surface area contributed by atoms with Crippen molar-refractivity contribution >= 4 is 29.2 Å². The van der Waals surface area contributed by atoms with E-state index < -0.39 is 5.97 Å². The van der Waals surface area contributed by atoms with E-state index in [9.17, 15) is 9.59 Å². The fourth-order valence-electron chi connectivity index (χ4n) is 1.98. The number of halogens is 1. The molecule has 0 saturated carbocycles. The van der Waals surface area contributed by atoms with Gasteiger partial charge in [0.05, 0.1) is 17.4 Å². The van der Waals surface area contributed by atoms with E-state index in [-0.39, 0.29) is 28.2 Å². The highest BCUT2D eigenvalue weighted by Gasteiger charge is 2.32. The van der Waals surface area contributed by atoms with E-state index >= 15 is 0 Å². The monoisotopic (exact) mass is 269 g/mol. The van der Waals surface area contributed by atoms with Gasteiger partial charge in [-0.2, -0.15) is 0 Å². The molecule has 2 heterocycles. The molecule has 1 unspecified atom stereocenters. The van der Waals surface area contributed by atoms with Crippen molar-refractivity contribution < 1.29 is 14.7 Å². The average Bonchev–Trinajstić information content (AvgIpc) is 2.70. The lowest BCUT2D eigenvalue weighted by Gasteiger charge is -2.18. The van der Waals surface area contributed by atoms with Crippen LogP contribution in [0.15, 0.2) is 12.3 Å². The van der Waals surface area contributed by atoms with Gasteiger partial charge in [-0.3, -0.25) is 4.79 Å². The molecular weight excluding hydrogens is 258 g/mol. The Bertz CT molecular complexity index is 506. The summed E-state index contributed by atoms with van der Waals surface area (Å²) >= 11 is 5.66. The third-order valence-electron chi connectivity index (χ3n) is 2.91. The zero-order chi connectivity index (χ0) is 13.3. The number of nitrogens with zero attached hydrogens (tertiary/aromatic N) is 2. The number of aromatic carboxylic acids is 1. The first-order valence-electron chi connectivity index (χ1n) is 5.42. The summed E-state index contributed by atoms with van der Waals surface area (Å²) in [5, 5.41) is 9.19. The van der Waals surface area contributed by atoms with E-state index in [0.717, 1.165) is 0 Å². The highest BCUT2D eigenvalue weighted by molar-refractivity contribution is 6.29. The van der Waals surface area contributed by atoms with E-state index in [4.69, 9.17) is 22.4 Å². The average molecular weight is 270 g/mol.